The lowest BCUT2D eigenvalue weighted by Gasteiger charge is -2.21. The average molecular weight is 334 g/mol. The summed E-state index contributed by atoms with van der Waals surface area (Å²) in [6, 6.07) is 11.7. The Morgan fingerprint density at radius 1 is 1.12 bits per heavy atom. The zero-order valence-electron chi connectivity index (χ0n) is 14.9. The molecule has 0 aliphatic rings. The number of benzene rings is 1. The smallest absolute Gasteiger partial charge is 0.320 e. The maximum atomic E-state index is 12.3. The predicted octanol–water partition coefficient (Wildman–Crippen LogP) is 4.53. The van der Waals surface area contributed by atoms with E-state index in [1.165, 1.54) is 0 Å². The van der Waals surface area contributed by atoms with Gasteiger partial charge in [-0.1, -0.05) is 29.8 Å². The van der Waals surface area contributed by atoms with Crippen molar-refractivity contribution in [2.45, 2.75) is 33.2 Å². The molecule has 0 fully saturated rings. The van der Waals surface area contributed by atoms with Crippen LogP contribution >= 0.6 is 0 Å². The number of aryl methyl sites for hydroxylation is 1. The van der Waals surface area contributed by atoms with Crippen molar-refractivity contribution >= 4 is 22.8 Å². The monoisotopic (exact) mass is 334 g/mol. The van der Waals surface area contributed by atoms with Gasteiger partial charge in [-0.3, -0.25) is 10.3 Å². The minimum atomic E-state index is -0.325. The molecule has 3 rings (SSSR count). The van der Waals surface area contributed by atoms with Crippen molar-refractivity contribution in [2.75, 3.05) is 5.32 Å². The number of anilines is 1. The lowest BCUT2D eigenvalue weighted by atomic mass is 10.0. The number of carbonyl (C=O) groups is 1. The number of fused-ring (bicyclic) bond motifs is 1. The van der Waals surface area contributed by atoms with Gasteiger partial charge in [0.2, 0.25) is 0 Å². The van der Waals surface area contributed by atoms with Crippen LogP contribution in [0.3, 0.4) is 0 Å². The van der Waals surface area contributed by atoms with E-state index < -0.39 is 0 Å². The molecule has 2 amide bonds. The van der Waals surface area contributed by atoms with Gasteiger partial charge in [-0.25, -0.2) is 9.78 Å². The first-order valence-electron chi connectivity index (χ1n) is 8.23. The molecule has 0 aliphatic heterocycles. The molecule has 0 unspecified atom stereocenters. The zero-order chi connectivity index (χ0) is 18.0. The number of rotatable bonds is 2. The lowest BCUT2D eigenvalue weighted by Crippen LogP contribution is -2.43. The maximum Gasteiger partial charge on any atom is 0.320 e. The number of hydrogen-bond donors (Lipinski definition) is 2. The summed E-state index contributed by atoms with van der Waals surface area (Å²) in [6.45, 7) is 7.85. The number of urea groups is 1. The van der Waals surface area contributed by atoms with Crippen LogP contribution < -0.4 is 10.6 Å². The Morgan fingerprint density at radius 2 is 1.92 bits per heavy atom. The van der Waals surface area contributed by atoms with E-state index in [1.807, 2.05) is 58.0 Å². The third kappa shape index (κ3) is 4.12. The van der Waals surface area contributed by atoms with Crippen molar-refractivity contribution in [1.29, 1.82) is 0 Å². The van der Waals surface area contributed by atoms with Crippen LogP contribution in [-0.2, 0) is 0 Å². The normalized spacial score (nSPS) is 11.4. The van der Waals surface area contributed by atoms with Crippen LogP contribution in [0, 0.1) is 6.92 Å². The number of aromatic nitrogens is 2. The second-order valence-electron chi connectivity index (χ2n) is 7.15. The van der Waals surface area contributed by atoms with Gasteiger partial charge in [0, 0.05) is 28.9 Å². The maximum absolute atomic E-state index is 12.3. The Morgan fingerprint density at radius 3 is 2.64 bits per heavy atom. The molecule has 0 spiro atoms. The number of amides is 2. The fraction of sp³-hybridized carbons (Fsp3) is 0.250. The molecule has 1 aromatic carbocycles. The standard InChI is InChI=1S/C20H22N4O/c1-13-6-5-7-14(10-13)16-11-15-12-21-9-8-17(15)22-18(16)23-19(25)24-20(2,3)4/h5-12H,1-4H3,(H2,22,23,24,25). The van der Waals surface area contributed by atoms with Crippen LogP contribution in [0.15, 0.2) is 48.8 Å². The van der Waals surface area contributed by atoms with Crippen molar-refractivity contribution in [1.82, 2.24) is 15.3 Å². The molecule has 0 radical (unpaired) electrons. The molecule has 0 saturated heterocycles. The van der Waals surface area contributed by atoms with Gasteiger partial charge in [-0.15, -0.1) is 0 Å². The van der Waals surface area contributed by atoms with Crippen LogP contribution in [0.2, 0.25) is 0 Å². The van der Waals surface area contributed by atoms with Gasteiger partial charge in [0.15, 0.2) is 0 Å². The first-order chi connectivity index (χ1) is 11.8. The van der Waals surface area contributed by atoms with Gasteiger partial charge < -0.3 is 5.32 Å². The van der Waals surface area contributed by atoms with Gasteiger partial charge >= 0.3 is 6.03 Å². The quantitative estimate of drug-likeness (QED) is 0.724. The first kappa shape index (κ1) is 16.9. The first-order valence-corrected chi connectivity index (χ1v) is 8.23. The van der Waals surface area contributed by atoms with Gasteiger partial charge in [-0.05, 0) is 45.4 Å². The summed E-state index contributed by atoms with van der Waals surface area (Å²) in [6.07, 6.45) is 3.47. The fourth-order valence-electron chi connectivity index (χ4n) is 2.62. The number of hydrogen-bond acceptors (Lipinski definition) is 3. The number of carbonyl (C=O) groups excluding carboxylic acids is 1. The minimum Gasteiger partial charge on any atom is -0.333 e. The summed E-state index contributed by atoms with van der Waals surface area (Å²) in [5, 5.41) is 6.73. The lowest BCUT2D eigenvalue weighted by molar-refractivity contribution is 0.243. The van der Waals surface area contributed by atoms with E-state index in [2.05, 4.69) is 26.7 Å². The van der Waals surface area contributed by atoms with E-state index >= 15 is 0 Å². The molecule has 5 nitrogen and oxygen atoms in total. The Balaban J connectivity index is 2.08. The highest BCUT2D eigenvalue weighted by Crippen LogP contribution is 2.30. The van der Waals surface area contributed by atoms with Gasteiger partial charge in [-0.2, -0.15) is 0 Å². The van der Waals surface area contributed by atoms with Crippen molar-refractivity contribution in [2.24, 2.45) is 0 Å². The molecule has 5 heteroatoms. The van der Waals surface area contributed by atoms with E-state index in [4.69, 9.17) is 0 Å². The fourth-order valence-corrected chi connectivity index (χ4v) is 2.62. The Hall–Kier alpha value is -2.95. The topological polar surface area (TPSA) is 66.9 Å². The van der Waals surface area contributed by atoms with E-state index in [0.717, 1.165) is 27.6 Å². The van der Waals surface area contributed by atoms with E-state index in [0.29, 0.717) is 5.82 Å². The largest absolute Gasteiger partial charge is 0.333 e. The van der Waals surface area contributed by atoms with Gasteiger partial charge in [0.25, 0.3) is 0 Å². The van der Waals surface area contributed by atoms with Crippen LogP contribution in [-0.4, -0.2) is 21.5 Å². The number of nitrogens with one attached hydrogen (secondary N) is 2. The molecule has 3 aromatic rings. The molecule has 0 bridgehead atoms. The second kappa shape index (κ2) is 6.51. The number of nitrogens with zero attached hydrogens (tertiary/aromatic N) is 2. The third-order valence-corrected chi connectivity index (χ3v) is 3.66. The molecule has 2 aromatic heterocycles. The predicted molar refractivity (Wildman–Crippen MR) is 102 cm³/mol. The van der Waals surface area contributed by atoms with Crippen molar-refractivity contribution in [3.8, 4) is 11.1 Å². The Labute approximate surface area is 147 Å². The molecule has 0 aliphatic carbocycles. The molecular weight excluding hydrogens is 312 g/mol. The highest BCUT2D eigenvalue weighted by atomic mass is 16.2. The molecule has 2 heterocycles. The molecule has 25 heavy (non-hydrogen) atoms. The molecule has 0 saturated carbocycles. The molecule has 2 N–H and O–H groups in total. The van der Waals surface area contributed by atoms with E-state index in [9.17, 15) is 4.79 Å². The zero-order valence-corrected chi connectivity index (χ0v) is 14.9. The van der Waals surface area contributed by atoms with E-state index in [-0.39, 0.29) is 11.6 Å². The van der Waals surface area contributed by atoms with Crippen molar-refractivity contribution < 1.29 is 4.79 Å². The summed E-state index contributed by atoms with van der Waals surface area (Å²) in [5.41, 5.74) is 3.48. The Bertz CT molecular complexity index is 928. The summed E-state index contributed by atoms with van der Waals surface area (Å²) in [7, 11) is 0. The van der Waals surface area contributed by atoms with Gasteiger partial charge in [0.1, 0.15) is 5.82 Å². The summed E-state index contributed by atoms with van der Waals surface area (Å²) < 4.78 is 0. The van der Waals surface area contributed by atoms with Crippen LogP contribution in [0.1, 0.15) is 26.3 Å². The van der Waals surface area contributed by atoms with E-state index in [1.54, 1.807) is 12.4 Å². The average Bonchev–Trinajstić information content (AvgIpc) is 2.52. The number of pyridine rings is 2. The Kier molecular flexibility index (Phi) is 4.40. The third-order valence-electron chi connectivity index (χ3n) is 3.66. The summed E-state index contributed by atoms with van der Waals surface area (Å²) in [5.74, 6) is 0.533. The summed E-state index contributed by atoms with van der Waals surface area (Å²) in [4.78, 5) is 21.1. The van der Waals surface area contributed by atoms with Crippen LogP contribution in [0.4, 0.5) is 10.6 Å². The van der Waals surface area contributed by atoms with Crippen LogP contribution in [0.5, 0.6) is 0 Å². The highest BCUT2D eigenvalue weighted by Gasteiger charge is 2.17. The highest BCUT2D eigenvalue weighted by molar-refractivity contribution is 5.97. The second-order valence-corrected chi connectivity index (χ2v) is 7.15. The SMILES string of the molecule is Cc1cccc(-c2cc3cnccc3nc2NC(=O)NC(C)(C)C)c1. The minimum absolute atomic E-state index is 0.276. The molecule has 128 valence electrons. The molecular formula is C20H22N4O. The van der Waals surface area contributed by atoms with Crippen LogP contribution in [0.25, 0.3) is 22.0 Å². The van der Waals surface area contributed by atoms with Gasteiger partial charge in [0.05, 0.1) is 5.52 Å². The van der Waals surface area contributed by atoms with Crippen molar-refractivity contribution in [3.05, 3.63) is 54.4 Å². The summed E-state index contributed by atoms with van der Waals surface area (Å²) >= 11 is 0. The molecule has 0 atom stereocenters. The van der Waals surface area contributed by atoms with Crippen molar-refractivity contribution in [3.63, 3.8) is 0 Å².